The van der Waals surface area contributed by atoms with Gasteiger partial charge in [-0.25, -0.2) is 10.9 Å². The van der Waals surface area contributed by atoms with Crippen LogP contribution in [0.1, 0.15) is 36.1 Å². The van der Waals surface area contributed by atoms with E-state index in [0.717, 1.165) is 44.8 Å². The molecule has 0 bridgehead atoms. The number of anilines is 2. The van der Waals surface area contributed by atoms with Crippen LogP contribution in [0.25, 0.3) is 12.2 Å². The quantitative estimate of drug-likeness (QED) is 0.180. The Balaban J connectivity index is 1.42. The second kappa shape index (κ2) is 15.4. The van der Waals surface area contributed by atoms with Gasteiger partial charge in [-0.1, -0.05) is 72.8 Å². The summed E-state index contributed by atoms with van der Waals surface area (Å²) in [5.74, 6) is -0.443. The number of amides is 2. The number of benzene rings is 3. The molecule has 8 nitrogen and oxygen atoms in total. The third-order valence-corrected chi connectivity index (χ3v) is 5.81. The number of aryl methyl sites for hydroxylation is 2. The summed E-state index contributed by atoms with van der Waals surface area (Å²) in [6.07, 6.45) is 7.18. The highest BCUT2D eigenvalue weighted by atomic mass is 16.2. The standard InChI is InChI=1S/C32H36N6O2/c1-23(19-35-37-31(39)21-33-29-11-7-5-9-25(29)3)17-27-13-15-28(16-14-27)18-24(2)20-36-38-32(40)22-34-30-12-8-6-10-26(30)4/h5-20,33-34H,21-22H2,1-4H3,(H,37,39)(H,38,40)/b23-17+,24-18+,35-19+,36-20+. The highest BCUT2D eigenvalue weighted by Gasteiger charge is 2.02. The fraction of sp³-hybridized carbons (Fsp3) is 0.188. The molecule has 0 fully saturated rings. The lowest BCUT2D eigenvalue weighted by molar-refractivity contribution is -0.120. The number of hydrazone groups is 2. The SMILES string of the molecule is CC(/C=N/NC(=O)CNc1ccccc1C)=C\c1ccc(/C=C(C)/C=N/NC(=O)CNc2ccccc2C)cc1. The number of para-hydroxylation sites is 2. The number of nitrogens with zero attached hydrogens (tertiary/aromatic N) is 2. The number of allylic oxidation sites excluding steroid dienone is 2. The molecular formula is C32H36N6O2. The zero-order valence-corrected chi connectivity index (χ0v) is 23.4. The van der Waals surface area contributed by atoms with Gasteiger partial charge in [0.05, 0.1) is 25.5 Å². The van der Waals surface area contributed by atoms with Crippen molar-refractivity contribution >= 4 is 47.8 Å². The maximum absolute atomic E-state index is 12.0. The summed E-state index contributed by atoms with van der Waals surface area (Å²) in [5.41, 5.74) is 12.9. The van der Waals surface area contributed by atoms with Crippen LogP contribution < -0.4 is 21.5 Å². The Morgan fingerprint density at radius 1 is 0.625 bits per heavy atom. The Labute approximate surface area is 236 Å². The minimum atomic E-state index is -0.221. The first-order chi connectivity index (χ1) is 19.3. The van der Waals surface area contributed by atoms with Crippen LogP contribution in [0.2, 0.25) is 0 Å². The van der Waals surface area contributed by atoms with Gasteiger partial charge >= 0.3 is 0 Å². The van der Waals surface area contributed by atoms with E-state index in [2.05, 4.69) is 31.7 Å². The van der Waals surface area contributed by atoms with Gasteiger partial charge in [-0.15, -0.1) is 0 Å². The molecule has 0 unspecified atom stereocenters. The molecule has 0 aliphatic rings. The van der Waals surface area contributed by atoms with Crippen molar-refractivity contribution in [2.24, 2.45) is 10.2 Å². The minimum absolute atomic E-state index is 0.140. The van der Waals surface area contributed by atoms with E-state index in [1.807, 2.05) is 113 Å². The van der Waals surface area contributed by atoms with Gasteiger partial charge in [-0.3, -0.25) is 9.59 Å². The van der Waals surface area contributed by atoms with E-state index >= 15 is 0 Å². The van der Waals surface area contributed by atoms with Gasteiger partial charge in [0.2, 0.25) is 0 Å². The van der Waals surface area contributed by atoms with Crippen molar-refractivity contribution in [3.05, 3.63) is 106 Å². The molecule has 0 aliphatic carbocycles. The lowest BCUT2D eigenvalue weighted by Crippen LogP contribution is -2.26. The Bertz CT molecular complexity index is 1310. The van der Waals surface area contributed by atoms with E-state index < -0.39 is 0 Å². The van der Waals surface area contributed by atoms with Gasteiger partial charge in [-0.2, -0.15) is 10.2 Å². The monoisotopic (exact) mass is 536 g/mol. The molecular weight excluding hydrogens is 500 g/mol. The van der Waals surface area contributed by atoms with Crippen LogP contribution in [0, 0.1) is 13.8 Å². The highest BCUT2D eigenvalue weighted by Crippen LogP contribution is 2.14. The Morgan fingerprint density at radius 3 is 1.38 bits per heavy atom. The largest absolute Gasteiger partial charge is 0.376 e. The highest BCUT2D eigenvalue weighted by molar-refractivity contribution is 5.88. The van der Waals surface area contributed by atoms with E-state index in [1.54, 1.807) is 12.4 Å². The van der Waals surface area contributed by atoms with Gasteiger partial charge in [-0.05, 0) is 73.2 Å². The molecule has 40 heavy (non-hydrogen) atoms. The third-order valence-electron chi connectivity index (χ3n) is 5.81. The van der Waals surface area contributed by atoms with E-state index in [4.69, 9.17) is 0 Å². The zero-order valence-electron chi connectivity index (χ0n) is 23.4. The van der Waals surface area contributed by atoms with E-state index in [9.17, 15) is 9.59 Å². The van der Waals surface area contributed by atoms with Gasteiger partial charge in [0.1, 0.15) is 0 Å². The maximum Gasteiger partial charge on any atom is 0.259 e. The number of hydrogen-bond acceptors (Lipinski definition) is 6. The van der Waals surface area contributed by atoms with Gasteiger partial charge in [0.25, 0.3) is 11.8 Å². The first-order valence-electron chi connectivity index (χ1n) is 13.0. The van der Waals surface area contributed by atoms with Crippen LogP contribution in [0.3, 0.4) is 0 Å². The Hall–Kier alpha value is -4.98. The van der Waals surface area contributed by atoms with E-state index in [1.165, 1.54) is 0 Å². The molecule has 2 amide bonds. The molecule has 3 aromatic rings. The fourth-order valence-corrected chi connectivity index (χ4v) is 3.67. The molecule has 0 radical (unpaired) electrons. The van der Waals surface area contributed by atoms with Crippen LogP contribution in [0.15, 0.2) is 94.1 Å². The lowest BCUT2D eigenvalue weighted by atomic mass is 10.1. The van der Waals surface area contributed by atoms with Crippen molar-refractivity contribution in [2.75, 3.05) is 23.7 Å². The fourth-order valence-electron chi connectivity index (χ4n) is 3.67. The van der Waals surface area contributed by atoms with E-state index in [0.29, 0.717) is 0 Å². The van der Waals surface area contributed by atoms with Crippen molar-refractivity contribution in [3.8, 4) is 0 Å². The molecule has 0 saturated heterocycles. The minimum Gasteiger partial charge on any atom is -0.376 e. The summed E-state index contributed by atoms with van der Waals surface area (Å²) in [6.45, 7) is 8.09. The van der Waals surface area contributed by atoms with Crippen molar-refractivity contribution in [2.45, 2.75) is 27.7 Å². The molecule has 3 rings (SSSR count). The average molecular weight is 537 g/mol. The number of rotatable bonds is 12. The second-order valence-corrected chi connectivity index (χ2v) is 9.37. The molecule has 0 saturated carbocycles. The van der Waals surface area contributed by atoms with Crippen molar-refractivity contribution in [1.29, 1.82) is 0 Å². The Morgan fingerprint density at radius 2 is 1.00 bits per heavy atom. The summed E-state index contributed by atoms with van der Waals surface area (Å²) in [4.78, 5) is 24.1. The third kappa shape index (κ3) is 10.4. The molecule has 4 N–H and O–H groups in total. The molecule has 0 aliphatic heterocycles. The van der Waals surface area contributed by atoms with Gasteiger partial charge in [0.15, 0.2) is 0 Å². The molecule has 8 heteroatoms. The zero-order chi connectivity index (χ0) is 28.7. The van der Waals surface area contributed by atoms with Gasteiger partial charge in [0, 0.05) is 11.4 Å². The second-order valence-electron chi connectivity index (χ2n) is 9.37. The number of hydrogen-bond donors (Lipinski definition) is 4. The smallest absolute Gasteiger partial charge is 0.259 e. The molecule has 0 spiro atoms. The van der Waals surface area contributed by atoms with Crippen molar-refractivity contribution in [1.82, 2.24) is 10.9 Å². The molecule has 0 heterocycles. The molecule has 206 valence electrons. The summed E-state index contributed by atoms with van der Waals surface area (Å²) in [5, 5.41) is 14.3. The van der Waals surface area contributed by atoms with Crippen molar-refractivity contribution < 1.29 is 9.59 Å². The lowest BCUT2D eigenvalue weighted by Gasteiger charge is -2.07. The topological polar surface area (TPSA) is 107 Å². The van der Waals surface area contributed by atoms with Crippen LogP contribution in [0.5, 0.6) is 0 Å². The number of carbonyl (C=O) groups is 2. The van der Waals surface area contributed by atoms with Crippen LogP contribution in [0.4, 0.5) is 11.4 Å². The van der Waals surface area contributed by atoms with Crippen LogP contribution in [-0.2, 0) is 9.59 Å². The average Bonchev–Trinajstić information content (AvgIpc) is 2.93. The summed E-state index contributed by atoms with van der Waals surface area (Å²) >= 11 is 0. The van der Waals surface area contributed by atoms with E-state index in [-0.39, 0.29) is 24.9 Å². The number of nitrogens with one attached hydrogen (secondary N) is 4. The van der Waals surface area contributed by atoms with Crippen molar-refractivity contribution in [3.63, 3.8) is 0 Å². The number of carbonyl (C=O) groups excluding carboxylic acids is 2. The summed E-state index contributed by atoms with van der Waals surface area (Å²) in [7, 11) is 0. The molecule has 0 atom stereocenters. The summed E-state index contributed by atoms with van der Waals surface area (Å²) < 4.78 is 0. The normalized spacial score (nSPS) is 12.0. The first kappa shape index (κ1) is 29.6. The molecule has 3 aromatic carbocycles. The molecule has 0 aromatic heterocycles. The van der Waals surface area contributed by atoms with Crippen LogP contribution in [-0.4, -0.2) is 37.3 Å². The van der Waals surface area contributed by atoms with Crippen LogP contribution >= 0.6 is 0 Å². The summed E-state index contributed by atoms with van der Waals surface area (Å²) in [6, 6.07) is 23.6. The predicted octanol–water partition coefficient (Wildman–Crippen LogP) is 5.54. The first-order valence-corrected chi connectivity index (χ1v) is 13.0. The predicted molar refractivity (Wildman–Crippen MR) is 166 cm³/mol. The Kier molecular flexibility index (Phi) is 11.4. The maximum atomic E-state index is 12.0. The van der Waals surface area contributed by atoms with Gasteiger partial charge < -0.3 is 10.6 Å².